The van der Waals surface area contributed by atoms with Crippen LogP contribution in [-0.2, 0) is 16.1 Å². The van der Waals surface area contributed by atoms with Crippen molar-refractivity contribution in [2.24, 2.45) is 0 Å². The van der Waals surface area contributed by atoms with Gasteiger partial charge >= 0.3 is 0 Å². The van der Waals surface area contributed by atoms with Crippen molar-refractivity contribution < 1.29 is 19.0 Å². The summed E-state index contributed by atoms with van der Waals surface area (Å²) in [5.74, 6) is 1.78. The number of nitrogens with one attached hydrogen (secondary N) is 1. The quantitative estimate of drug-likeness (QED) is 0.556. The second-order valence-corrected chi connectivity index (χ2v) is 10.9. The highest BCUT2D eigenvalue weighted by Crippen LogP contribution is 2.40. The smallest absolute Gasteiger partial charge is 0.129 e. The van der Waals surface area contributed by atoms with E-state index in [1.807, 2.05) is 0 Å². The largest absolute Gasteiger partial charge is 0.496 e. The molecule has 4 heterocycles. The number of fused-ring (bicyclic) bond motifs is 2. The second kappa shape index (κ2) is 12.1. The van der Waals surface area contributed by atoms with Crippen molar-refractivity contribution in [2.45, 2.75) is 19.6 Å². The lowest BCUT2D eigenvalue weighted by molar-refractivity contribution is 0.0118. The van der Waals surface area contributed by atoms with Crippen LogP contribution in [-0.4, -0.2) is 100 Å². The minimum absolute atomic E-state index is 0.0153. The van der Waals surface area contributed by atoms with Gasteiger partial charge in [0.15, 0.2) is 0 Å². The Morgan fingerprint density at radius 3 is 2.54 bits per heavy atom. The molecule has 0 amide bonds. The van der Waals surface area contributed by atoms with Gasteiger partial charge in [0.25, 0.3) is 0 Å². The Kier molecular flexibility index (Phi) is 8.18. The van der Waals surface area contributed by atoms with E-state index in [2.05, 4.69) is 75.6 Å². The lowest BCUT2D eigenvalue weighted by Gasteiger charge is -2.36. The van der Waals surface area contributed by atoms with Crippen LogP contribution in [0.25, 0.3) is 11.8 Å². The third-order valence-electron chi connectivity index (χ3n) is 8.12. The molecule has 208 valence electrons. The van der Waals surface area contributed by atoms with Gasteiger partial charge in [0.1, 0.15) is 24.2 Å². The standard InChI is InChI=1S/C31H40N4O4/c1-23(16-24-6-4-3-5-7-24)19-33-8-10-34(11-9-33)21-30-27-22-38-29-17-25(20-35-12-14-37-15-13-35)28(36-2)18-26(29)31(27)32-39-30/h3-7,16-18,30,32H,8-15,19-22H2,1-2H3. The maximum absolute atomic E-state index is 6.29. The highest BCUT2D eigenvalue weighted by Gasteiger charge is 2.35. The van der Waals surface area contributed by atoms with E-state index in [1.165, 1.54) is 16.7 Å². The zero-order valence-corrected chi connectivity index (χ0v) is 23.2. The Morgan fingerprint density at radius 2 is 1.77 bits per heavy atom. The molecule has 2 fully saturated rings. The zero-order valence-electron chi connectivity index (χ0n) is 23.2. The van der Waals surface area contributed by atoms with Crippen molar-refractivity contribution in [2.75, 3.05) is 79.3 Å². The minimum Gasteiger partial charge on any atom is -0.496 e. The fraction of sp³-hybridized carbons (Fsp3) is 0.484. The Morgan fingerprint density at radius 1 is 1.00 bits per heavy atom. The summed E-state index contributed by atoms with van der Waals surface area (Å²) in [6.07, 6.45) is 2.28. The first-order chi connectivity index (χ1) is 19.2. The summed E-state index contributed by atoms with van der Waals surface area (Å²) in [5.41, 5.74) is 10.3. The van der Waals surface area contributed by atoms with Crippen LogP contribution in [0.2, 0.25) is 0 Å². The number of benzene rings is 2. The maximum atomic E-state index is 6.29. The van der Waals surface area contributed by atoms with Crippen LogP contribution in [0, 0.1) is 0 Å². The van der Waals surface area contributed by atoms with Crippen LogP contribution in [0.15, 0.2) is 53.6 Å². The first-order valence-electron chi connectivity index (χ1n) is 14.1. The van der Waals surface area contributed by atoms with Crippen LogP contribution in [0.3, 0.4) is 0 Å². The van der Waals surface area contributed by atoms with Gasteiger partial charge in [-0.3, -0.25) is 25.0 Å². The zero-order chi connectivity index (χ0) is 26.6. The molecule has 0 bridgehead atoms. The highest BCUT2D eigenvalue weighted by atomic mass is 16.7. The molecule has 8 heteroatoms. The van der Waals surface area contributed by atoms with Gasteiger partial charge in [0.05, 0.1) is 26.0 Å². The van der Waals surface area contributed by atoms with E-state index in [0.29, 0.717) is 6.61 Å². The van der Waals surface area contributed by atoms with Gasteiger partial charge in [0, 0.05) is 75.6 Å². The summed E-state index contributed by atoms with van der Waals surface area (Å²) >= 11 is 0. The van der Waals surface area contributed by atoms with Gasteiger partial charge in [-0.1, -0.05) is 42.0 Å². The lowest BCUT2D eigenvalue weighted by atomic mass is 9.98. The minimum atomic E-state index is -0.0153. The normalized spacial score (nSPS) is 22.7. The van der Waals surface area contributed by atoms with E-state index in [4.69, 9.17) is 19.0 Å². The van der Waals surface area contributed by atoms with Crippen molar-refractivity contribution in [3.8, 4) is 11.5 Å². The molecular weight excluding hydrogens is 492 g/mol. The number of hydrogen-bond acceptors (Lipinski definition) is 8. The second-order valence-electron chi connectivity index (χ2n) is 10.9. The van der Waals surface area contributed by atoms with Crippen molar-refractivity contribution in [3.05, 3.63) is 70.3 Å². The molecule has 1 atom stereocenters. The summed E-state index contributed by atoms with van der Waals surface area (Å²) in [6, 6.07) is 14.8. The number of hydrogen-bond donors (Lipinski definition) is 1. The highest BCUT2D eigenvalue weighted by molar-refractivity contribution is 5.76. The molecule has 2 aromatic rings. The van der Waals surface area contributed by atoms with E-state index in [-0.39, 0.29) is 6.10 Å². The van der Waals surface area contributed by atoms with Crippen LogP contribution >= 0.6 is 0 Å². The summed E-state index contributed by atoms with van der Waals surface area (Å²) in [7, 11) is 1.74. The van der Waals surface area contributed by atoms with Crippen molar-refractivity contribution in [1.82, 2.24) is 20.2 Å². The Hall–Kier alpha value is -2.88. The third kappa shape index (κ3) is 6.15. The first-order valence-corrected chi connectivity index (χ1v) is 14.1. The van der Waals surface area contributed by atoms with Crippen LogP contribution < -0.4 is 15.0 Å². The summed E-state index contributed by atoms with van der Waals surface area (Å²) in [4.78, 5) is 13.6. The fourth-order valence-electron chi connectivity index (χ4n) is 5.95. The molecule has 2 saturated heterocycles. The van der Waals surface area contributed by atoms with Gasteiger partial charge in [-0.25, -0.2) is 0 Å². The van der Waals surface area contributed by atoms with Crippen molar-refractivity contribution in [3.63, 3.8) is 0 Å². The number of morpholine rings is 1. The van der Waals surface area contributed by atoms with Crippen LogP contribution in [0.5, 0.6) is 11.5 Å². The number of rotatable bonds is 8. The number of piperazine rings is 1. The van der Waals surface area contributed by atoms with E-state index in [1.54, 1.807) is 7.11 Å². The van der Waals surface area contributed by atoms with Gasteiger partial charge < -0.3 is 14.2 Å². The SMILES string of the molecule is COc1cc2c(cc1CN1CCOCC1)OCC1=C2NOC1CN1CCN(CC(C)=Cc2ccccc2)CC1. The predicted molar refractivity (Wildman–Crippen MR) is 152 cm³/mol. The average Bonchev–Trinajstić information content (AvgIpc) is 3.37. The molecule has 0 aliphatic carbocycles. The van der Waals surface area contributed by atoms with Crippen molar-refractivity contribution in [1.29, 1.82) is 0 Å². The van der Waals surface area contributed by atoms with Gasteiger partial charge in [-0.05, 0) is 24.6 Å². The lowest BCUT2D eigenvalue weighted by Crippen LogP contribution is -2.49. The molecule has 0 radical (unpaired) electrons. The Labute approximate surface area is 231 Å². The van der Waals surface area contributed by atoms with Crippen molar-refractivity contribution >= 4 is 11.8 Å². The molecule has 0 spiro atoms. The van der Waals surface area contributed by atoms with Gasteiger partial charge in [-0.15, -0.1) is 0 Å². The van der Waals surface area contributed by atoms with Gasteiger partial charge in [0.2, 0.25) is 0 Å². The summed E-state index contributed by atoms with van der Waals surface area (Å²) in [5, 5.41) is 0. The molecule has 2 aromatic carbocycles. The molecule has 6 rings (SSSR count). The van der Waals surface area contributed by atoms with E-state index in [0.717, 1.165) is 100 Å². The molecule has 39 heavy (non-hydrogen) atoms. The molecular formula is C31H40N4O4. The number of methoxy groups -OCH3 is 1. The monoisotopic (exact) mass is 532 g/mol. The molecule has 1 unspecified atom stereocenters. The van der Waals surface area contributed by atoms with E-state index in [9.17, 15) is 0 Å². The third-order valence-corrected chi connectivity index (χ3v) is 8.12. The molecule has 0 aromatic heterocycles. The maximum Gasteiger partial charge on any atom is 0.129 e. The number of hydroxylamine groups is 1. The van der Waals surface area contributed by atoms with Crippen LogP contribution in [0.4, 0.5) is 0 Å². The number of ether oxygens (including phenoxy) is 3. The fourth-order valence-corrected chi connectivity index (χ4v) is 5.95. The summed E-state index contributed by atoms with van der Waals surface area (Å²) < 4.78 is 17.6. The molecule has 1 N–H and O–H groups in total. The Balaban J connectivity index is 1.06. The van der Waals surface area contributed by atoms with Crippen LogP contribution in [0.1, 0.15) is 23.6 Å². The predicted octanol–water partition coefficient (Wildman–Crippen LogP) is 3.26. The topological polar surface area (TPSA) is 58.7 Å². The van der Waals surface area contributed by atoms with E-state index < -0.39 is 0 Å². The molecule has 8 nitrogen and oxygen atoms in total. The summed E-state index contributed by atoms with van der Waals surface area (Å²) in [6.45, 7) is 13.1. The molecule has 4 aliphatic rings. The Bertz CT molecular complexity index is 1200. The van der Waals surface area contributed by atoms with E-state index >= 15 is 0 Å². The van der Waals surface area contributed by atoms with Gasteiger partial charge in [-0.2, -0.15) is 0 Å². The average molecular weight is 533 g/mol. The molecule has 0 saturated carbocycles. The molecule has 4 aliphatic heterocycles. The first kappa shape index (κ1) is 26.3. The number of nitrogens with zero attached hydrogens (tertiary/aromatic N) is 3.